The predicted octanol–water partition coefficient (Wildman–Crippen LogP) is 16.3. The fourth-order valence-corrected chi connectivity index (χ4v) is 12.8. The van der Waals surface area contributed by atoms with E-state index in [9.17, 15) is 0 Å². The van der Waals surface area contributed by atoms with E-state index in [1.807, 2.05) is 0 Å². The van der Waals surface area contributed by atoms with Gasteiger partial charge in [-0.3, -0.25) is 0 Å². The van der Waals surface area contributed by atoms with E-state index in [1.165, 1.54) is 118 Å². The Morgan fingerprint density at radius 3 is 1.56 bits per heavy atom. The van der Waals surface area contributed by atoms with E-state index in [0.717, 1.165) is 17.8 Å². The van der Waals surface area contributed by atoms with Crippen LogP contribution in [0.25, 0.3) is 55.6 Å². The number of anilines is 3. The molecule has 0 aliphatic heterocycles. The van der Waals surface area contributed by atoms with Crippen molar-refractivity contribution in [2.75, 3.05) is 4.90 Å². The van der Waals surface area contributed by atoms with E-state index in [1.54, 1.807) is 11.1 Å². The quantitative estimate of drug-likeness (QED) is 0.156. The molecule has 0 aromatic heterocycles. The lowest BCUT2D eigenvalue weighted by Gasteiger charge is -2.50. The molecule has 0 amide bonds. The number of hydrogen-bond acceptors (Lipinski definition) is 1. The first-order valence-electron chi connectivity index (χ1n) is 22.8. The monoisotopic (exact) mass is 785 g/mol. The number of fused-ring (bicyclic) bond motifs is 8. The third kappa shape index (κ3) is 5.88. The van der Waals surface area contributed by atoms with Crippen molar-refractivity contribution in [3.63, 3.8) is 0 Å². The van der Waals surface area contributed by atoms with Gasteiger partial charge in [0, 0.05) is 22.1 Å². The first-order chi connectivity index (χ1) is 30.3. The van der Waals surface area contributed by atoms with Gasteiger partial charge in [0.15, 0.2) is 0 Å². The van der Waals surface area contributed by atoms with Crippen LogP contribution >= 0.6 is 0 Å². The smallest absolute Gasteiger partial charge is 0.0543 e. The zero-order chi connectivity index (χ0) is 40.3. The van der Waals surface area contributed by atoms with Crippen LogP contribution in [0.4, 0.5) is 17.1 Å². The Bertz CT molecular complexity index is 2890. The van der Waals surface area contributed by atoms with Crippen LogP contribution in [0, 0.1) is 23.7 Å². The molecule has 3 bridgehead atoms. The van der Waals surface area contributed by atoms with Crippen LogP contribution in [-0.4, -0.2) is 0 Å². The normalized spacial score (nSPS) is 22.0. The van der Waals surface area contributed by atoms with Gasteiger partial charge in [0.2, 0.25) is 0 Å². The molecule has 0 saturated heterocycles. The summed E-state index contributed by atoms with van der Waals surface area (Å²) in [6.45, 7) is 0. The lowest BCUT2D eigenvalue weighted by atomic mass is 9.54. The highest BCUT2D eigenvalue weighted by molar-refractivity contribution is 6.02. The molecule has 1 nitrogen and oxygen atoms in total. The van der Waals surface area contributed by atoms with Crippen molar-refractivity contribution in [3.8, 4) is 55.6 Å². The number of rotatable bonds is 7. The molecule has 1 spiro atoms. The lowest BCUT2D eigenvalue weighted by Crippen LogP contribution is -2.44. The van der Waals surface area contributed by atoms with Crippen LogP contribution in [0.2, 0.25) is 0 Å². The Hall–Kier alpha value is -6.44. The number of benzene rings is 8. The van der Waals surface area contributed by atoms with Crippen LogP contribution in [0.5, 0.6) is 0 Å². The summed E-state index contributed by atoms with van der Waals surface area (Å²) in [6.07, 6.45) is 9.69. The average molecular weight is 786 g/mol. The summed E-state index contributed by atoms with van der Waals surface area (Å²) in [5.74, 6) is 3.29. The van der Waals surface area contributed by atoms with Gasteiger partial charge in [0.05, 0.1) is 17.1 Å². The minimum atomic E-state index is 0.0419. The molecule has 1 heteroatoms. The van der Waals surface area contributed by atoms with Gasteiger partial charge in [-0.2, -0.15) is 0 Å². The molecule has 296 valence electrons. The van der Waals surface area contributed by atoms with Crippen molar-refractivity contribution in [1.29, 1.82) is 0 Å². The second-order valence-corrected chi connectivity index (χ2v) is 18.3. The van der Waals surface area contributed by atoms with Gasteiger partial charge in [0.25, 0.3) is 0 Å². The van der Waals surface area contributed by atoms with Crippen molar-refractivity contribution in [1.82, 2.24) is 0 Å². The molecule has 12 rings (SSSR count). The van der Waals surface area contributed by atoms with E-state index in [4.69, 9.17) is 0 Å². The highest BCUT2D eigenvalue weighted by Gasteiger charge is 2.56. The lowest BCUT2D eigenvalue weighted by molar-refractivity contribution is 0.0794. The molecule has 5 unspecified atom stereocenters. The Kier molecular flexibility index (Phi) is 8.91. The zero-order valence-corrected chi connectivity index (χ0v) is 34.8. The molecule has 4 aliphatic rings. The van der Waals surface area contributed by atoms with Gasteiger partial charge in [0.1, 0.15) is 0 Å². The van der Waals surface area contributed by atoms with Crippen molar-refractivity contribution >= 4 is 17.1 Å². The predicted molar refractivity (Wildman–Crippen MR) is 255 cm³/mol. The molecule has 8 aromatic rings. The molecule has 5 atom stereocenters. The minimum absolute atomic E-state index is 0.0419. The van der Waals surface area contributed by atoms with Crippen LogP contribution in [0.15, 0.2) is 200 Å². The maximum absolute atomic E-state index is 2.64. The second kappa shape index (κ2) is 14.9. The summed E-state index contributed by atoms with van der Waals surface area (Å²) in [5.41, 5.74) is 19.5. The van der Waals surface area contributed by atoms with Crippen LogP contribution in [0.3, 0.4) is 0 Å². The Labute approximate surface area is 361 Å². The van der Waals surface area contributed by atoms with Crippen molar-refractivity contribution in [2.24, 2.45) is 23.7 Å². The van der Waals surface area contributed by atoms with Crippen molar-refractivity contribution in [3.05, 3.63) is 211 Å². The highest BCUT2D eigenvalue weighted by atomic mass is 15.2. The van der Waals surface area contributed by atoms with Crippen molar-refractivity contribution in [2.45, 2.75) is 50.4 Å². The molecule has 3 fully saturated rings. The molecule has 61 heavy (non-hydrogen) atoms. The standard InChI is InChI=1S/C60H51N/c1-3-18-42(19-4-1)47-22-7-8-24-49(47)50-25-9-10-26-51(50)52-27-13-16-32-57(52)61(56-31-15-12-23-48(56)43-20-5-2-6-21-43)58-33-17-30-55-59(58)53-28-11-14-29-54(53)60(55)40-44-36-34-41-35-37-46(60)39-45(44)38-41/h1-33,41,44-46H,34-40H2. The maximum Gasteiger partial charge on any atom is 0.0543 e. The first-order valence-corrected chi connectivity index (χ1v) is 22.8. The SMILES string of the molecule is c1ccc(-c2ccccc2-c2ccccc2-c2ccccc2N(c2ccccc2-c2ccccc2)c2cccc3c2-c2ccccc2C32CC3CCC4CCC2CC3C4)cc1. The molecule has 0 heterocycles. The van der Waals surface area contributed by atoms with Gasteiger partial charge >= 0.3 is 0 Å². The van der Waals surface area contributed by atoms with E-state index in [-0.39, 0.29) is 5.41 Å². The van der Waals surface area contributed by atoms with Crippen LogP contribution in [0.1, 0.15) is 56.1 Å². The molecular formula is C60H51N. The third-order valence-electron chi connectivity index (χ3n) is 15.4. The Morgan fingerprint density at radius 2 is 0.836 bits per heavy atom. The summed E-state index contributed by atoms with van der Waals surface area (Å²) in [6, 6.07) is 75.0. The van der Waals surface area contributed by atoms with Crippen LogP contribution < -0.4 is 4.90 Å². The number of para-hydroxylation sites is 2. The third-order valence-corrected chi connectivity index (χ3v) is 15.4. The Balaban J connectivity index is 1.12. The number of nitrogens with zero attached hydrogens (tertiary/aromatic N) is 1. The second-order valence-electron chi connectivity index (χ2n) is 18.3. The Morgan fingerprint density at radius 1 is 0.344 bits per heavy atom. The molecule has 8 aromatic carbocycles. The fourth-order valence-electron chi connectivity index (χ4n) is 12.8. The summed E-state index contributed by atoms with van der Waals surface area (Å²) in [5, 5.41) is 0. The van der Waals surface area contributed by atoms with E-state index in [0.29, 0.717) is 5.92 Å². The molecule has 4 aliphatic carbocycles. The van der Waals surface area contributed by atoms with E-state index < -0.39 is 0 Å². The van der Waals surface area contributed by atoms with Gasteiger partial charge in [-0.05, 0) is 124 Å². The van der Waals surface area contributed by atoms with Gasteiger partial charge < -0.3 is 4.90 Å². The van der Waals surface area contributed by atoms with E-state index in [2.05, 4.69) is 205 Å². The van der Waals surface area contributed by atoms with Crippen molar-refractivity contribution < 1.29 is 0 Å². The van der Waals surface area contributed by atoms with Gasteiger partial charge in [-0.1, -0.05) is 195 Å². The summed E-state index contributed by atoms with van der Waals surface area (Å²) < 4.78 is 0. The number of hydrogen-bond donors (Lipinski definition) is 0. The minimum Gasteiger partial charge on any atom is -0.309 e. The fraction of sp³-hybridized carbons (Fsp3) is 0.200. The maximum atomic E-state index is 2.64. The first kappa shape index (κ1) is 36.4. The summed E-state index contributed by atoms with van der Waals surface area (Å²) in [7, 11) is 0. The summed E-state index contributed by atoms with van der Waals surface area (Å²) in [4.78, 5) is 2.64. The largest absolute Gasteiger partial charge is 0.309 e. The molecule has 0 radical (unpaired) electrons. The van der Waals surface area contributed by atoms with E-state index >= 15 is 0 Å². The van der Waals surface area contributed by atoms with Gasteiger partial charge in [-0.15, -0.1) is 0 Å². The average Bonchev–Trinajstić information content (AvgIpc) is 3.56. The molecule has 0 N–H and O–H groups in total. The highest BCUT2D eigenvalue weighted by Crippen LogP contribution is 2.66. The molecular weight excluding hydrogens is 735 g/mol. The zero-order valence-electron chi connectivity index (χ0n) is 34.8. The summed E-state index contributed by atoms with van der Waals surface area (Å²) >= 11 is 0. The molecule has 3 saturated carbocycles. The van der Waals surface area contributed by atoms with Gasteiger partial charge in [-0.25, -0.2) is 0 Å². The van der Waals surface area contributed by atoms with Crippen LogP contribution in [-0.2, 0) is 5.41 Å². The topological polar surface area (TPSA) is 3.24 Å².